The summed E-state index contributed by atoms with van der Waals surface area (Å²) >= 11 is 0. The zero-order chi connectivity index (χ0) is 21.6. The van der Waals surface area contributed by atoms with E-state index < -0.39 is 0 Å². The third-order valence-corrected chi connectivity index (χ3v) is 5.04. The number of halogens is 1. The number of hydrogen-bond donors (Lipinski definition) is 2. The first-order valence-electron chi connectivity index (χ1n) is 11.2. The van der Waals surface area contributed by atoms with Gasteiger partial charge in [-0.25, -0.2) is 4.99 Å². The maximum absolute atomic E-state index is 12.1. The SMILES string of the molecule is CCNC(=NCc1cccc(OCCN(C)C)c1)NCCCN1CCCCCC1=O.I. The van der Waals surface area contributed by atoms with Crippen LogP contribution in [0.2, 0.25) is 0 Å². The third kappa shape index (κ3) is 11.6. The second-order valence-corrected chi connectivity index (χ2v) is 7.97. The van der Waals surface area contributed by atoms with E-state index in [2.05, 4.69) is 28.5 Å². The minimum Gasteiger partial charge on any atom is -0.492 e. The number of nitrogens with zero attached hydrogens (tertiary/aromatic N) is 3. The average Bonchev–Trinajstić information content (AvgIpc) is 2.93. The van der Waals surface area contributed by atoms with E-state index >= 15 is 0 Å². The van der Waals surface area contributed by atoms with Crippen LogP contribution >= 0.6 is 24.0 Å². The summed E-state index contributed by atoms with van der Waals surface area (Å²) in [7, 11) is 4.07. The lowest BCUT2D eigenvalue weighted by Gasteiger charge is -2.20. The maximum Gasteiger partial charge on any atom is 0.222 e. The van der Waals surface area contributed by atoms with Crippen LogP contribution in [-0.4, -0.2) is 75.1 Å². The standard InChI is InChI=1S/C23H39N5O2.HI/c1-4-24-23(25-13-9-15-28-14-7-5-6-12-22(28)29)26-19-20-10-8-11-21(18-20)30-17-16-27(2)3;/h8,10-11,18H,4-7,9,12-17,19H2,1-3H3,(H2,24,25,26);1H. The molecule has 2 N–H and O–H groups in total. The Morgan fingerprint density at radius 2 is 2.06 bits per heavy atom. The number of hydrogen-bond acceptors (Lipinski definition) is 4. The predicted molar refractivity (Wildman–Crippen MR) is 138 cm³/mol. The summed E-state index contributed by atoms with van der Waals surface area (Å²) in [6.45, 7) is 7.53. The molecule has 1 aromatic rings. The van der Waals surface area contributed by atoms with Gasteiger partial charge >= 0.3 is 0 Å². The number of amides is 1. The predicted octanol–water partition coefficient (Wildman–Crippen LogP) is 3.09. The largest absolute Gasteiger partial charge is 0.492 e. The summed E-state index contributed by atoms with van der Waals surface area (Å²) in [6.07, 6.45) is 4.95. The molecule has 1 aliphatic heterocycles. The van der Waals surface area contributed by atoms with Crippen LogP contribution in [0, 0.1) is 0 Å². The number of likely N-dealkylation sites (tertiary alicyclic amines) is 1. The van der Waals surface area contributed by atoms with E-state index in [1.807, 2.05) is 37.2 Å². The van der Waals surface area contributed by atoms with Gasteiger partial charge in [-0.15, -0.1) is 24.0 Å². The van der Waals surface area contributed by atoms with Crippen molar-refractivity contribution >= 4 is 35.8 Å². The molecule has 1 aromatic carbocycles. The molecule has 176 valence electrons. The summed E-state index contributed by atoms with van der Waals surface area (Å²) in [6, 6.07) is 8.11. The number of rotatable bonds is 11. The third-order valence-electron chi connectivity index (χ3n) is 5.04. The second kappa shape index (κ2) is 16.1. The fraction of sp³-hybridized carbons (Fsp3) is 0.652. The highest BCUT2D eigenvalue weighted by Gasteiger charge is 2.15. The molecule has 1 heterocycles. The Bertz CT molecular complexity index is 669. The van der Waals surface area contributed by atoms with Gasteiger partial charge in [-0.2, -0.15) is 0 Å². The molecule has 0 unspecified atom stereocenters. The normalized spacial score (nSPS) is 14.8. The van der Waals surface area contributed by atoms with Gasteiger partial charge in [-0.1, -0.05) is 18.6 Å². The van der Waals surface area contributed by atoms with Crippen LogP contribution in [0.3, 0.4) is 0 Å². The summed E-state index contributed by atoms with van der Waals surface area (Å²) in [5.74, 6) is 1.99. The molecular weight excluding hydrogens is 505 g/mol. The first kappa shape index (κ1) is 27.5. The fourth-order valence-electron chi connectivity index (χ4n) is 3.34. The zero-order valence-corrected chi connectivity index (χ0v) is 21.7. The topological polar surface area (TPSA) is 69.2 Å². The Kier molecular flexibility index (Phi) is 14.3. The first-order chi connectivity index (χ1) is 14.6. The molecule has 0 aromatic heterocycles. The summed E-state index contributed by atoms with van der Waals surface area (Å²) in [5, 5.41) is 6.68. The van der Waals surface area contributed by atoms with Gasteiger partial charge < -0.3 is 25.2 Å². The molecule has 1 saturated heterocycles. The van der Waals surface area contributed by atoms with Crippen molar-refractivity contribution in [2.24, 2.45) is 4.99 Å². The number of aliphatic imine (C=N–C) groups is 1. The van der Waals surface area contributed by atoms with Gasteiger partial charge in [0.15, 0.2) is 5.96 Å². The van der Waals surface area contributed by atoms with E-state index in [0.29, 0.717) is 25.5 Å². The molecule has 1 fully saturated rings. The number of carbonyl (C=O) groups is 1. The van der Waals surface area contributed by atoms with Crippen LogP contribution in [0.5, 0.6) is 5.75 Å². The maximum atomic E-state index is 12.1. The van der Waals surface area contributed by atoms with Gasteiger partial charge in [0.1, 0.15) is 12.4 Å². The lowest BCUT2D eigenvalue weighted by atomic mass is 10.2. The minimum absolute atomic E-state index is 0. The molecule has 0 radical (unpaired) electrons. The van der Waals surface area contributed by atoms with Crippen molar-refractivity contribution < 1.29 is 9.53 Å². The summed E-state index contributed by atoms with van der Waals surface area (Å²) < 4.78 is 5.81. The van der Waals surface area contributed by atoms with E-state index in [4.69, 9.17) is 9.73 Å². The molecule has 1 aliphatic rings. The number of likely N-dealkylation sites (N-methyl/N-ethyl adjacent to an activating group) is 1. The van der Waals surface area contributed by atoms with Gasteiger partial charge in [0.2, 0.25) is 5.91 Å². The molecule has 0 spiro atoms. The fourth-order valence-corrected chi connectivity index (χ4v) is 3.34. The highest BCUT2D eigenvalue weighted by molar-refractivity contribution is 14.0. The second-order valence-electron chi connectivity index (χ2n) is 7.97. The van der Waals surface area contributed by atoms with Crippen molar-refractivity contribution in [3.8, 4) is 5.75 Å². The monoisotopic (exact) mass is 545 g/mol. The van der Waals surface area contributed by atoms with Crippen LogP contribution in [-0.2, 0) is 11.3 Å². The molecule has 0 atom stereocenters. The smallest absolute Gasteiger partial charge is 0.222 e. The van der Waals surface area contributed by atoms with Crippen molar-refractivity contribution in [1.82, 2.24) is 20.4 Å². The van der Waals surface area contributed by atoms with E-state index in [-0.39, 0.29) is 24.0 Å². The van der Waals surface area contributed by atoms with Crippen LogP contribution < -0.4 is 15.4 Å². The van der Waals surface area contributed by atoms with Crippen LogP contribution in [0.25, 0.3) is 0 Å². The molecule has 8 heteroatoms. The minimum atomic E-state index is 0. The summed E-state index contributed by atoms with van der Waals surface area (Å²) in [5.41, 5.74) is 1.12. The lowest BCUT2D eigenvalue weighted by Crippen LogP contribution is -2.39. The Balaban J connectivity index is 0.00000480. The number of nitrogens with one attached hydrogen (secondary N) is 2. The Morgan fingerprint density at radius 3 is 2.84 bits per heavy atom. The highest BCUT2D eigenvalue weighted by Crippen LogP contribution is 2.14. The number of ether oxygens (including phenoxy) is 1. The number of carbonyl (C=O) groups excluding carboxylic acids is 1. The molecular formula is C23H40IN5O2. The number of benzene rings is 1. The van der Waals surface area contributed by atoms with Crippen molar-refractivity contribution in [3.63, 3.8) is 0 Å². The first-order valence-corrected chi connectivity index (χ1v) is 11.2. The molecule has 7 nitrogen and oxygen atoms in total. The van der Waals surface area contributed by atoms with Crippen LogP contribution in [0.15, 0.2) is 29.3 Å². The van der Waals surface area contributed by atoms with E-state index in [1.54, 1.807) is 0 Å². The van der Waals surface area contributed by atoms with E-state index in [0.717, 1.165) is 69.3 Å². The quantitative estimate of drug-likeness (QED) is 0.194. The van der Waals surface area contributed by atoms with Gasteiger partial charge in [-0.3, -0.25) is 4.79 Å². The summed E-state index contributed by atoms with van der Waals surface area (Å²) in [4.78, 5) is 20.9. The molecule has 31 heavy (non-hydrogen) atoms. The van der Waals surface area contributed by atoms with Crippen LogP contribution in [0.4, 0.5) is 0 Å². The number of guanidine groups is 1. The van der Waals surface area contributed by atoms with Crippen molar-refractivity contribution in [3.05, 3.63) is 29.8 Å². The molecule has 2 rings (SSSR count). The van der Waals surface area contributed by atoms with Crippen molar-refractivity contribution in [2.45, 2.75) is 45.6 Å². The lowest BCUT2D eigenvalue weighted by molar-refractivity contribution is -0.130. The van der Waals surface area contributed by atoms with E-state index in [9.17, 15) is 4.79 Å². The van der Waals surface area contributed by atoms with Crippen LogP contribution in [0.1, 0.15) is 44.6 Å². The molecule has 0 saturated carbocycles. The molecule has 1 amide bonds. The van der Waals surface area contributed by atoms with Crippen molar-refractivity contribution in [2.75, 3.05) is 53.4 Å². The Labute approximate surface area is 205 Å². The van der Waals surface area contributed by atoms with Gasteiger partial charge in [0.25, 0.3) is 0 Å². The average molecular weight is 546 g/mol. The Hall–Kier alpha value is -1.55. The molecule has 0 aliphatic carbocycles. The highest BCUT2D eigenvalue weighted by atomic mass is 127. The zero-order valence-electron chi connectivity index (χ0n) is 19.4. The Morgan fingerprint density at radius 1 is 1.23 bits per heavy atom. The van der Waals surface area contributed by atoms with Gasteiger partial charge in [0, 0.05) is 39.1 Å². The van der Waals surface area contributed by atoms with E-state index in [1.165, 1.54) is 6.42 Å². The van der Waals surface area contributed by atoms with Gasteiger partial charge in [-0.05, 0) is 58.0 Å². The van der Waals surface area contributed by atoms with Crippen molar-refractivity contribution in [1.29, 1.82) is 0 Å². The van der Waals surface area contributed by atoms with Gasteiger partial charge in [0.05, 0.1) is 6.54 Å². The molecule has 0 bridgehead atoms.